The van der Waals surface area contributed by atoms with Crippen LogP contribution in [0.25, 0.3) is 0 Å². The number of ether oxygens (including phenoxy) is 2. The minimum atomic E-state index is -0.592. The van der Waals surface area contributed by atoms with Crippen LogP contribution in [0.3, 0.4) is 0 Å². The van der Waals surface area contributed by atoms with Crippen molar-refractivity contribution < 1.29 is 19.1 Å². The fraction of sp³-hybridized carbons (Fsp3) is 0.462. The highest BCUT2D eigenvalue weighted by Gasteiger charge is 2.29. The molecule has 0 bridgehead atoms. The number of carbonyl (C=O) groups excluding carboxylic acids is 2. The molecule has 0 saturated carbocycles. The Labute approximate surface area is 191 Å². The summed E-state index contributed by atoms with van der Waals surface area (Å²) in [6.45, 7) is 10.0. The first-order valence-electron chi connectivity index (χ1n) is 11.2. The van der Waals surface area contributed by atoms with Crippen molar-refractivity contribution in [2.45, 2.75) is 66.1 Å². The number of aryl methyl sites for hydroxylation is 2. The second kappa shape index (κ2) is 12.1. The van der Waals surface area contributed by atoms with Crippen LogP contribution in [-0.2, 0) is 16.1 Å². The molecule has 32 heavy (non-hydrogen) atoms. The summed E-state index contributed by atoms with van der Waals surface area (Å²) in [4.78, 5) is 27.9. The highest BCUT2D eigenvalue weighted by molar-refractivity contribution is 5.88. The summed E-state index contributed by atoms with van der Waals surface area (Å²) in [6.07, 6.45) is 1.32. The van der Waals surface area contributed by atoms with Gasteiger partial charge in [0, 0.05) is 12.6 Å². The van der Waals surface area contributed by atoms with Gasteiger partial charge in [0.2, 0.25) is 5.91 Å². The third-order valence-corrected chi connectivity index (χ3v) is 5.56. The Balaban J connectivity index is 2.25. The van der Waals surface area contributed by atoms with Crippen LogP contribution in [0.1, 0.15) is 50.3 Å². The molecule has 2 amide bonds. The van der Waals surface area contributed by atoms with E-state index in [1.165, 1.54) is 0 Å². The van der Waals surface area contributed by atoms with Crippen molar-refractivity contribution in [2.75, 3.05) is 13.7 Å². The molecule has 0 saturated heterocycles. The largest absolute Gasteiger partial charge is 0.497 e. The molecule has 0 aromatic heterocycles. The molecule has 2 rings (SSSR count). The smallest absolute Gasteiger partial charge is 0.261 e. The van der Waals surface area contributed by atoms with Crippen molar-refractivity contribution >= 4 is 11.8 Å². The molecular weight excluding hydrogens is 404 g/mol. The lowest BCUT2D eigenvalue weighted by atomic mass is 10.1. The van der Waals surface area contributed by atoms with Gasteiger partial charge in [0.05, 0.1) is 7.11 Å². The van der Waals surface area contributed by atoms with Crippen LogP contribution in [0.4, 0.5) is 0 Å². The summed E-state index contributed by atoms with van der Waals surface area (Å²) >= 11 is 0. The average molecular weight is 441 g/mol. The van der Waals surface area contributed by atoms with Crippen LogP contribution in [-0.4, -0.2) is 42.5 Å². The molecule has 174 valence electrons. The van der Waals surface area contributed by atoms with Crippen molar-refractivity contribution in [3.63, 3.8) is 0 Å². The lowest BCUT2D eigenvalue weighted by Gasteiger charge is -2.31. The summed E-state index contributed by atoms with van der Waals surface area (Å²) in [5.74, 6) is 0.990. The molecule has 2 aromatic rings. The number of benzene rings is 2. The molecule has 0 spiro atoms. The van der Waals surface area contributed by atoms with Gasteiger partial charge in [-0.25, -0.2) is 0 Å². The van der Waals surface area contributed by atoms with Crippen LogP contribution in [0, 0.1) is 13.8 Å². The SMILES string of the molecule is CCC(C)NC(=O)C(CC)N(Cc1cccc(OC)c1)C(=O)COc1ccc(C)cc1C. The van der Waals surface area contributed by atoms with Crippen LogP contribution in [0.15, 0.2) is 42.5 Å². The fourth-order valence-corrected chi connectivity index (χ4v) is 3.51. The normalized spacial score (nSPS) is 12.6. The Bertz CT molecular complexity index is 912. The van der Waals surface area contributed by atoms with Crippen LogP contribution >= 0.6 is 0 Å². The zero-order chi connectivity index (χ0) is 23.7. The van der Waals surface area contributed by atoms with Gasteiger partial charge in [-0.15, -0.1) is 0 Å². The second-order valence-corrected chi connectivity index (χ2v) is 8.17. The molecule has 0 aliphatic rings. The first kappa shape index (κ1) is 25.2. The lowest BCUT2D eigenvalue weighted by Crippen LogP contribution is -2.51. The number of carbonyl (C=O) groups is 2. The summed E-state index contributed by atoms with van der Waals surface area (Å²) in [5, 5.41) is 3.02. The zero-order valence-electron chi connectivity index (χ0n) is 20.1. The molecule has 0 heterocycles. The van der Waals surface area contributed by atoms with Crippen molar-refractivity contribution in [1.82, 2.24) is 10.2 Å². The third-order valence-electron chi connectivity index (χ3n) is 5.56. The average Bonchev–Trinajstić information content (AvgIpc) is 2.78. The number of hydrogen-bond acceptors (Lipinski definition) is 4. The van der Waals surface area contributed by atoms with Crippen molar-refractivity contribution in [3.05, 3.63) is 59.2 Å². The summed E-state index contributed by atoms with van der Waals surface area (Å²) in [5.41, 5.74) is 2.99. The fourth-order valence-electron chi connectivity index (χ4n) is 3.51. The predicted molar refractivity (Wildman–Crippen MR) is 127 cm³/mol. The van der Waals surface area contributed by atoms with Crippen molar-refractivity contribution in [1.29, 1.82) is 0 Å². The van der Waals surface area contributed by atoms with E-state index >= 15 is 0 Å². The molecule has 6 heteroatoms. The van der Waals surface area contributed by atoms with Crippen molar-refractivity contribution in [2.24, 2.45) is 0 Å². The first-order valence-corrected chi connectivity index (χ1v) is 11.2. The van der Waals surface area contributed by atoms with E-state index in [-0.39, 0.29) is 24.5 Å². The van der Waals surface area contributed by atoms with Crippen LogP contribution in [0.2, 0.25) is 0 Å². The second-order valence-electron chi connectivity index (χ2n) is 8.17. The van der Waals surface area contributed by atoms with E-state index in [4.69, 9.17) is 9.47 Å². The number of amides is 2. The summed E-state index contributed by atoms with van der Waals surface area (Å²) < 4.78 is 11.2. The maximum atomic E-state index is 13.3. The standard InChI is InChI=1S/C26H36N2O4/c1-7-20(5)27-26(30)23(8-2)28(16-21-10-9-11-22(15-21)31-6)25(29)17-32-24-13-12-18(3)14-19(24)4/h9-15,20,23H,7-8,16-17H2,1-6H3,(H,27,30). The molecule has 2 atom stereocenters. The zero-order valence-corrected chi connectivity index (χ0v) is 20.1. The van der Waals surface area contributed by atoms with Gasteiger partial charge in [-0.3, -0.25) is 9.59 Å². The maximum absolute atomic E-state index is 13.3. The molecule has 0 radical (unpaired) electrons. The minimum Gasteiger partial charge on any atom is -0.497 e. The quantitative estimate of drug-likeness (QED) is 0.562. The molecule has 0 aliphatic carbocycles. The van der Waals surface area contributed by atoms with Crippen molar-refractivity contribution in [3.8, 4) is 11.5 Å². The van der Waals surface area contributed by atoms with Gasteiger partial charge < -0.3 is 19.7 Å². The van der Waals surface area contributed by atoms with Crippen LogP contribution in [0.5, 0.6) is 11.5 Å². The van der Waals surface area contributed by atoms with E-state index in [9.17, 15) is 9.59 Å². The molecule has 0 aliphatic heterocycles. The van der Waals surface area contributed by atoms with Gasteiger partial charge in [0.15, 0.2) is 6.61 Å². The van der Waals surface area contributed by atoms with E-state index in [1.807, 2.05) is 77.1 Å². The Morgan fingerprint density at radius 3 is 2.44 bits per heavy atom. The van der Waals surface area contributed by atoms with Gasteiger partial charge >= 0.3 is 0 Å². The number of nitrogens with one attached hydrogen (secondary N) is 1. The number of methoxy groups -OCH3 is 1. The highest BCUT2D eigenvalue weighted by atomic mass is 16.5. The Hall–Kier alpha value is -3.02. The van der Waals surface area contributed by atoms with Gasteiger partial charge in [0.25, 0.3) is 5.91 Å². The molecule has 0 fully saturated rings. The monoisotopic (exact) mass is 440 g/mol. The minimum absolute atomic E-state index is 0.0387. The summed E-state index contributed by atoms with van der Waals surface area (Å²) in [7, 11) is 1.61. The van der Waals surface area contributed by atoms with Crippen LogP contribution < -0.4 is 14.8 Å². The lowest BCUT2D eigenvalue weighted by molar-refractivity contribution is -0.143. The molecule has 1 N–H and O–H groups in total. The van der Waals surface area contributed by atoms with E-state index < -0.39 is 6.04 Å². The van der Waals surface area contributed by atoms with E-state index in [1.54, 1.807) is 12.0 Å². The number of hydrogen-bond donors (Lipinski definition) is 1. The first-order chi connectivity index (χ1) is 15.3. The van der Waals surface area contributed by atoms with E-state index in [2.05, 4.69) is 5.32 Å². The van der Waals surface area contributed by atoms with E-state index in [0.717, 1.165) is 23.1 Å². The Kier molecular flexibility index (Phi) is 9.57. The molecule has 2 aromatic carbocycles. The number of nitrogens with zero attached hydrogens (tertiary/aromatic N) is 1. The highest BCUT2D eigenvalue weighted by Crippen LogP contribution is 2.20. The molecule has 2 unspecified atom stereocenters. The number of rotatable bonds is 11. The maximum Gasteiger partial charge on any atom is 0.261 e. The predicted octanol–water partition coefficient (Wildman–Crippen LogP) is 4.41. The molecule has 6 nitrogen and oxygen atoms in total. The summed E-state index contributed by atoms with van der Waals surface area (Å²) in [6, 6.07) is 12.8. The van der Waals surface area contributed by atoms with Gasteiger partial charge in [-0.2, -0.15) is 0 Å². The third kappa shape index (κ3) is 7.01. The Morgan fingerprint density at radius 2 is 1.81 bits per heavy atom. The van der Waals surface area contributed by atoms with E-state index in [0.29, 0.717) is 24.5 Å². The molecular formula is C26H36N2O4. The Morgan fingerprint density at radius 1 is 1.06 bits per heavy atom. The topological polar surface area (TPSA) is 67.9 Å². The van der Waals surface area contributed by atoms with Gasteiger partial charge in [0.1, 0.15) is 17.5 Å². The van der Waals surface area contributed by atoms with Gasteiger partial charge in [-0.1, -0.05) is 43.7 Å². The van der Waals surface area contributed by atoms with Gasteiger partial charge in [-0.05, 0) is 62.9 Å².